The van der Waals surface area contributed by atoms with Crippen molar-refractivity contribution in [2.75, 3.05) is 6.54 Å². The zero-order chi connectivity index (χ0) is 14.7. The van der Waals surface area contributed by atoms with E-state index in [0.717, 1.165) is 24.3 Å². The number of sulfonamides is 1. The topological polar surface area (TPSA) is 81.4 Å². The molecule has 108 valence electrons. The molecule has 0 aliphatic carbocycles. The predicted molar refractivity (Wildman–Crippen MR) is 62.0 cm³/mol. The number of nitrogens with two attached hydrogens (primary N) is 1. The summed E-state index contributed by atoms with van der Waals surface area (Å²) in [6.07, 6.45) is -4.81. The van der Waals surface area contributed by atoms with Gasteiger partial charge in [-0.15, -0.1) is 13.2 Å². The van der Waals surface area contributed by atoms with Crippen LogP contribution in [-0.2, 0) is 10.0 Å². The van der Waals surface area contributed by atoms with Gasteiger partial charge in [-0.05, 0) is 31.2 Å². The molecule has 5 nitrogen and oxygen atoms in total. The molecule has 0 amide bonds. The van der Waals surface area contributed by atoms with Crippen LogP contribution >= 0.6 is 0 Å². The van der Waals surface area contributed by atoms with E-state index in [1.54, 1.807) is 6.92 Å². The summed E-state index contributed by atoms with van der Waals surface area (Å²) in [5.41, 5.74) is 5.28. The van der Waals surface area contributed by atoms with E-state index in [0.29, 0.717) is 0 Å². The lowest BCUT2D eigenvalue weighted by atomic mass is 10.3. The number of benzene rings is 1. The highest BCUT2D eigenvalue weighted by Crippen LogP contribution is 2.23. The molecule has 0 aliphatic heterocycles. The quantitative estimate of drug-likeness (QED) is 0.856. The monoisotopic (exact) mass is 298 g/mol. The molecule has 0 heterocycles. The summed E-state index contributed by atoms with van der Waals surface area (Å²) >= 11 is 0. The summed E-state index contributed by atoms with van der Waals surface area (Å²) in [5, 5.41) is 0. The Balaban J connectivity index is 2.87. The highest BCUT2D eigenvalue weighted by atomic mass is 32.2. The Morgan fingerprint density at radius 2 is 1.84 bits per heavy atom. The second-order valence-electron chi connectivity index (χ2n) is 3.78. The van der Waals surface area contributed by atoms with Gasteiger partial charge < -0.3 is 10.5 Å². The van der Waals surface area contributed by atoms with Crippen molar-refractivity contribution >= 4 is 10.0 Å². The summed E-state index contributed by atoms with van der Waals surface area (Å²) in [7, 11) is -3.80. The lowest BCUT2D eigenvalue weighted by Crippen LogP contribution is -2.37. The Hall–Kier alpha value is -1.32. The van der Waals surface area contributed by atoms with Crippen LogP contribution in [-0.4, -0.2) is 27.4 Å². The van der Waals surface area contributed by atoms with Crippen molar-refractivity contribution in [1.29, 1.82) is 0 Å². The number of nitrogens with one attached hydrogen (secondary N) is 1. The molecule has 0 bridgehead atoms. The van der Waals surface area contributed by atoms with Crippen molar-refractivity contribution in [2.24, 2.45) is 5.73 Å². The Morgan fingerprint density at radius 1 is 1.32 bits per heavy atom. The van der Waals surface area contributed by atoms with Gasteiger partial charge in [-0.1, -0.05) is 0 Å². The molecule has 0 aromatic heterocycles. The van der Waals surface area contributed by atoms with E-state index < -0.39 is 28.2 Å². The Kier molecular flexibility index (Phi) is 4.77. The van der Waals surface area contributed by atoms with E-state index in [1.807, 2.05) is 0 Å². The summed E-state index contributed by atoms with van der Waals surface area (Å²) in [6.45, 7) is 1.67. The third-order valence-corrected chi connectivity index (χ3v) is 3.68. The van der Waals surface area contributed by atoms with Gasteiger partial charge in [-0.3, -0.25) is 0 Å². The highest BCUT2D eigenvalue weighted by molar-refractivity contribution is 7.89. The normalized spacial score (nSPS) is 14.2. The van der Waals surface area contributed by atoms with Gasteiger partial charge in [-0.25, -0.2) is 13.1 Å². The SMILES string of the molecule is C[C@H](CN)NS(=O)(=O)c1ccc(OC(F)(F)F)cc1. The Bertz CT molecular complexity index is 514. The number of alkyl halides is 3. The van der Waals surface area contributed by atoms with Crippen LogP contribution in [0.2, 0.25) is 0 Å². The van der Waals surface area contributed by atoms with Crippen LogP contribution < -0.4 is 15.2 Å². The summed E-state index contributed by atoms with van der Waals surface area (Å²) in [5.74, 6) is -0.488. The fourth-order valence-electron chi connectivity index (χ4n) is 1.20. The van der Waals surface area contributed by atoms with Crippen LogP contribution in [0.1, 0.15) is 6.92 Å². The maximum Gasteiger partial charge on any atom is 0.573 e. The molecule has 1 rings (SSSR count). The number of hydrogen-bond acceptors (Lipinski definition) is 4. The molecule has 0 unspecified atom stereocenters. The fraction of sp³-hybridized carbons (Fsp3) is 0.400. The second kappa shape index (κ2) is 5.76. The van der Waals surface area contributed by atoms with E-state index in [1.165, 1.54) is 0 Å². The summed E-state index contributed by atoms with van der Waals surface area (Å²) < 4.78 is 65.2. The lowest BCUT2D eigenvalue weighted by molar-refractivity contribution is -0.274. The molecule has 1 aromatic rings. The molecule has 0 spiro atoms. The lowest BCUT2D eigenvalue weighted by Gasteiger charge is -2.13. The van der Waals surface area contributed by atoms with Crippen LogP contribution in [0, 0.1) is 0 Å². The molecule has 0 aliphatic rings. The zero-order valence-corrected chi connectivity index (χ0v) is 10.8. The molecular formula is C10H13F3N2O3S. The van der Waals surface area contributed by atoms with Gasteiger partial charge in [0.15, 0.2) is 0 Å². The van der Waals surface area contributed by atoms with Crippen molar-refractivity contribution in [3.8, 4) is 5.75 Å². The van der Waals surface area contributed by atoms with Crippen LogP contribution in [0.3, 0.4) is 0 Å². The van der Waals surface area contributed by atoms with Crippen molar-refractivity contribution in [3.05, 3.63) is 24.3 Å². The minimum absolute atomic E-state index is 0.106. The van der Waals surface area contributed by atoms with Gasteiger partial charge in [-0.2, -0.15) is 0 Å². The molecule has 1 aromatic carbocycles. The molecule has 19 heavy (non-hydrogen) atoms. The smallest absolute Gasteiger partial charge is 0.406 e. The van der Waals surface area contributed by atoms with Crippen LogP contribution in [0.25, 0.3) is 0 Å². The first-order chi connectivity index (χ1) is 8.64. The maximum atomic E-state index is 11.9. The third kappa shape index (κ3) is 5.05. The first-order valence-electron chi connectivity index (χ1n) is 5.22. The van der Waals surface area contributed by atoms with Crippen LogP contribution in [0.15, 0.2) is 29.2 Å². The number of ether oxygens (including phenoxy) is 1. The number of halogens is 3. The van der Waals surface area contributed by atoms with Crippen molar-refractivity contribution in [3.63, 3.8) is 0 Å². The Labute approximate surface area is 108 Å². The third-order valence-electron chi connectivity index (χ3n) is 2.08. The first-order valence-corrected chi connectivity index (χ1v) is 6.70. The summed E-state index contributed by atoms with van der Waals surface area (Å²) in [4.78, 5) is -0.165. The van der Waals surface area contributed by atoms with E-state index in [4.69, 9.17) is 5.73 Å². The van der Waals surface area contributed by atoms with Gasteiger partial charge >= 0.3 is 6.36 Å². The van der Waals surface area contributed by atoms with Crippen LogP contribution in [0.5, 0.6) is 5.75 Å². The standard InChI is InChI=1S/C10H13F3N2O3S/c1-7(6-14)15-19(16,17)9-4-2-8(3-5-9)18-10(11,12)13/h2-5,7,15H,6,14H2,1H3/t7-/m1/s1. The van der Waals surface area contributed by atoms with Gasteiger partial charge in [0.05, 0.1) is 4.90 Å². The van der Waals surface area contributed by atoms with Gasteiger partial charge in [0, 0.05) is 12.6 Å². The van der Waals surface area contributed by atoms with Crippen molar-refractivity contribution in [2.45, 2.75) is 24.2 Å². The first kappa shape index (κ1) is 15.7. The van der Waals surface area contributed by atoms with E-state index >= 15 is 0 Å². The molecule has 0 saturated carbocycles. The van der Waals surface area contributed by atoms with Gasteiger partial charge in [0.1, 0.15) is 5.75 Å². The largest absolute Gasteiger partial charge is 0.573 e. The van der Waals surface area contributed by atoms with E-state index in [2.05, 4.69) is 9.46 Å². The van der Waals surface area contributed by atoms with Gasteiger partial charge in [0.25, 0.3) is 0 Å². The minimum atomic E-state index is -4.81. The van der Waals surface area contributed by atoms with Crippen molar-refractivity contribution < 1.29 is 26.3 Å². The molecule has 3 N–H and O–H groups in total. The molecular weight excluding hydrogens is 285 g/mol. The molecule has 0 radical (unpaired) electrons. The average Bonchev–Trinajstić information content (AvgIpc) is 2.26. The van der Waals surface area contributed by atoms with Crippen molar-refractivity contribution in [1.82, 2.24) is 4.72 Å². The van der Waals surface area contributed by atoms with E-state index in [-0.39, 0.29) is 11.4 Å². The molecule has 0 saturated heterocycles. The zero-order valence-electron chi connectivity index (χ0n) is 9.94. The summed E-state index contributed by atoms with van der Waals surface area (Å²) in [6, 6.07) is 3.42. The van der Waals surface area contributed by atoms with E-state index in [9.17, 15) is 21.6 Å². The molecule has 1 atom stereocenters. The Morgan fingerprint density at radius 3 is 2.26 bits per heavy atom. The molecule has 0 fully saturated rings. The average molecular weight is 298 g/mol. The fourth-order valence-corrected chi connectivity index (χ4v) is 2.46. The molecule has 9 heteroatoms. The number of rotatable bonds is 5. The highest BCUT2D eigenvalue weighted by Gasteiger charge is 2.31. The minimum Gasteiger partial charge on any atom is -0.406 e. The van der Waals surface area contributed by atoms with Gasteiger partial charge in [0.2, 0.25) is 10.0 Å². The second-order valence-corrected chi connectivity index (χ2v) is 5.49. The maximum absolute atomic E-state index is 11.9. The van der Waals surface area contributed by atoms with Crippen LogP contribution in [0.4, 0.5) is 13.2 Å². The number of hydrogen-bond donors (Lipinski definition) is 2. The predicted octanol–water partition coefficient (Wildman–Crippen LogP) is 1.21.